The molecular weight excluding hydrogens is 246 g/mol. The van der Waals surface area contributed by atoms with Crippen LogP contribution in [-0.4, -0.2) is 28.8 Å². The van der Waals surface area contributed by atoms with Crippen molar-refractivity contribution in [2.45, 2.75) is 58.1 Å². The van der Waals surface area contributed by atoms with Crippen molar-refractivity contribution in [2.75, 3.05) is 0 Å². The minimum absolute atomic E-state index is 0.0245. The van der Waals surface area contributed by atoms with E-state index in [2.05, 4.69) is 5.32 Å². The number of alkyl carbamates (subject to hydrolysis) is 1. The molecule has 108 valence electrons. The van der Waals surface area contributed by atoms with E-state index in [4.69, 9.17) is 9.84 Å². The fourth-order valence-corrected chi connectivity index (χ4v) is 3.07. The van der Waals surface area contributed by atoms with Gasteiger partial charge in [0.2, 0.25) is 0 Å². The molecule has 2 unspecified atom stereocenters. The van der Waals surface area contributed by atoms with Gasteiger partial charge in [-0.3, -0.25) is 4.79 Å². The molecule has 2 rings (SSSR count). The van der Waals surface area contributed by atoms with Gasteiger partial charge >= 0.3 is 12.1 Å². The molecule has 0 aliphatic heterocycles. The zero-order chi connectivity index (χ0) is 14.2. The van der Waals surface area contributed by atoms with Crippen molar-refractivity contribution < 1.29 is 19.4 Å². The monoisotopic (exact) mass is 269 g/mol. The number of carboxylic acids is 1. The van der Waals surface area contributed by atoms with Gasteiger partial charge < -0.3 is 15.2 Å². The molecule has 0 aromatic heterocycles. The SMILES string of the molecule is CC(C)(C)OC(=O)N[C@H](CC(=O)O)C1CC2CC2C1. The first-order chi connectivity index (χ1) is 8.74. The summed E-state index contributed by atoms with van der Waals surface area (Å²) in [5.41, 5.74) is -0.560. The van der Waals surface area contributed by atoms with E-state index < -0.39 is 17.7 Å². The Bertz CT molecular complexity index is 364. The average Bonchev–Trinajstić information content (AvgIpc) is 2.81. The highest BCUT2D eigenvalue weighted by atomic mass is 16.6. The summed E-state index contributed by atoms with van der Waals surface area (Å²) in [6.45, 7) is 5.39. The molecule has 5 nitrogen and oxygen atoms in total. The molecule has 5 heteroatoms. The van der Waals surface area contributed by atoms with E-state index in [0.29, 0.717) is 0 Å². The Labute approximate surface area is 113 Å². The van der Waals surface area contributed by atoms with E-state index in [1.807, 2.05) is 0 Å². The van der Waals surface area contributed by atoms with Crippen LogP contribution in [0.3, 0.4) is 0 Å². The summed E-state index contributed by atoms with van der Waals surface area (Å²) in [7, 11) is 0. The number of hydrogen-bond donors (Lipinski definition) is 2. The van der Waals surface area contributed by atoms with Crippen molar-refractivity contribution in [3.05, 3.63) is 0 Å². The van der Waals surface area contributed by atoms with Crippen molar-refractivity contribution >= 4 is 12.1 Å². The molecule has 2 saturated carbocycles. The molecule has 2 fully saturated rings. The summed E-state index contributed by atoms with van der Waals surface area (Å²) in [5.74, 6) is 0.942. The Balaban J connectivity index is 1.90. The van der Waals surface area contributed by atoms with Crippen LogP contribution in [0.2, 0.25) is 0 Å². The van der Waals surface area contributed by atoms with Crippen molar-refractivity contribution in [3.63, 3.8) is 0 Å². The molecule has 0 heterocycles. The summed E-state index contributed by atoms with van der Waals surface area (Å²) in [4.78, 5) is 22.7. The van der Waals surface area contributed by atoms with E-state index in [0.717, 1.165) is 24.7 Å². The molecule has 0 radical (unpaired) electrons. The van der Waals surface area contributed by atoms with Crippen molar-refractivity contribution in [1.29, 1.82) is 0 Å². The summed E-state index contributed by atoms with van der Waals surface area (Å²) in [6, 6.07) is -0.305. The second-order valence-corrected chi connectivity index (χ2v) is 6.84. The van der Waals surface area contributed by atoms with Crippen molar-refractivity contribution in [2.24, 2.45) is 17.8 Å². The topological polar surface area (TPSA) is 75.6 Å². The van der Waals surface area contributed by atoms with Gasteiger partial charge in [0.25, 0.3) is 0 Å². The molecule has 19 heavy (non-hydrogen) atoms. The lowest BCUT2D eigenvalue weighted by molar-refractivity contribution is -0.137. The fourth-order valence-electron chi connectivity index (χ4n) is 3.07. The van der Waals surface area contributed by atoms with E-state index in [1.165, 1.54) is 6.42 Å². The van der Waals surface area contributed by atoms with Crippen molar-refractivity contribution in [3.8, 4) is 0 Å². The first-order valence-corrected chi connectivity index (χ1v) is 6.96. The van der Waals surface area contributed by atoms with Crippen LogP contribution in [0.5, 0.6) is 0 Å². The molecule has 0 aromatic rings. The predicted molar refractivity (Wildman–Crippen MR) is 69.7 cm³/mol. The number of nitrogens with one attached hydrogen (secondary N) is 1. The lowest BCUT2D eigenvalue weighted by atomic mass is 9.92. The fraction of sp³-hybridized carbons (Fsp3) is 0.857. The standard InChI is InChI=1S/C14H23NO4/c1-14(2,3)19-13(18)15-11(7-12(16)17)10-5-8-4-9(8)6-10/h8-11H,4-7H2,1-3H3,(H,15,18)(H,16,17)/t8?,9?,10?,11-/m1/s1. The van der Waals surface area contributed by atoms with Gasteiger partial charge in [0, 0.05) is 6.04 Å². The maximum absolute atomic E-state index is 11.8. The van der Waals surface area contributed by atoms with Gasteiger partial charge in [-0.25, -0.2) is 4.79 Å². The van der Waals surface area contributed by atoms with E-state index in [1.54, 1.807) is 20.8 Å². The Kier molecular flexibility index (Phi) is 3.74. The number of amides is 1. The van der Waals surface area contributed by atoms with E-state index >= 15 is 0 Å². The third kappa shape index (κ3) is 4.11. The van der Waals surface area contributed by atoms with Crippen LogP contribution in [0.4, 0.5) is 4.79 Å². The van der Waals surface area contributed by atoms with Crippen LogP contribution in [0.1, 0.15) is 46.5 Å². The number of carboxylic acid groups (broad SMARTS) is 1. The molecule has 2 N–H and O–H groups in total. The molecule has 0 bridgehead atoms. The highest BCUT2D eigenvalue weighted by molar-refractivity contribution is 5.71. The summed E-state index contributed by atoms with van der Waals surface area (Å²) < 4.78 is 5.20. The molecule has 0 spiro atoms. The van der Waals surface area contributed by atoms with Crippen LogP contribution in [0.25, 0.3) is 0 Å². The highest BCUT2D eigenvalue weighted by Crippen LogP contribution is 2.55. The molecule has 1 amide bonds. The maximum atomic E-state index is 11.8. The maximum Gasteiger partial charge on any atom is 0.407 e. The van der Waals surface area contributed by atoms with Gasteiger partial charge in [0.05, 0.1) is 6.42 Å². The van der Waals surface area contributed by atoms with Gasteiger partial charge in [0.15, 0.2) is 0 Å². The number of aliphatic carboxylic acids is 1. The lowest BCUT2D eigenvalue weighted by Gasteiger charge is -2.27. The Morgan fingerprint density at radius 2 is 1.84 bits per heavy atom. The minimum Gasteiger partial charge on any atom is -0.481 e. The van der Waals surface area contributed by atoms with Gasteiger partial charge in [0.1, 0.15) is 5.60 Å². The number of fused-ring (bicyclic) bond motifs is 1. The molecular formula is C14H23NO4. The molecule has 2 aliphatic rings. The van der Waals surface area contributed by atoms with Crippen LogP contribution in [-0.2, 0) is 9.53 Å². The van der Waals surface area contributed by atoms with Gasteiger partial charge in [-0.05, 0) is 57.8 Å². The lowest BCUT2D eigenvalue weighted by Crippen LogP contribution is -2.44. The first-order valence-electron chi connectivity index (χ1n) is 6.96. The van der Waals surface area contributed by atoms with Crippen LogP contribution in [0.15, 0.2) is 0 Å². The minimum atomic E-state index is -0.873. The third-order valence-electron chi connectivity index (χ3n) is 3.95. The smallest absolute Gasteiger partial charge is 0.407 e. The number of carbonyl (C=O) groups excluding carboxylic acids is 1. The molecule has 3 atom stereocenters. The van der Waals surface area contributed by atoms with E-state index in [-0.39, 0.29) is 18.4 Å². The highest BCUT2D eigenvalue weighted by Gasteiger charge is 2.48. The third-order valence-corrected chi connectivity index (χ3v) is 3.95. The molecule has 2 aliphatic carbocycles. The average molecular weight is 269 g/mol. The summed E-state index contributed by atoms with van der Waals surface area (Å²) in [6.07, 6.45) is 2.82. The van der Waals surface area contributed by atoms with E-state index in [9.17, 15) is 9.59 Å². The number of hydrogen-bond acceptors (Lipinski definition) is 3. The van der Waals surface area contributed by atoms with Crippen molar-refractivity contribution in [1.82, 2.24) is 5.32 Å². The Morgan fingerprint density at radius 1 is 1.26 bits per heavy atom. The predicted octanol–water partition coefficient (Wildman–Crippen LogP) is 2.40. The van der Waals surface area contributed by atoms with Gasteiger partial charge in [-0.1, -0.05) is 0 Å². The summed E-state index contributed by atoms with van der Waals surface area (Å²) >= 11 is 0. The van der Waals surface area contributed by atoms with Crippen LogP contribution < -0.4 is 5.32 Å². The second kappa shape index (κ2) is 5.02. The largest absolute Gasteiger partial charge is 0.481 e. The molecule has 0 saturated heterocycles. The zero-order valence-electron chi connectivity index (χ0n) is 11.8. The Hall–Kier alpha value is -1.26. The zero-order valence-corrected chi connectivity index (χ0v) is 11.8. The normalized spacial score (nSPS) is 30.4. The van der Waals surface area contributed by atoms with Crippen LogP contribution in [0, 0.1) is 17.8 Å². The van der Waals surface area contributed by atoms with Gasteiger partial charge in [-0.15, -0.1) is 0 Å². The number of carbonyl (C=O) groups is 2. The first kappa shape index (κ1) is 14.2. The quantitative estimate of drug-likeness (QED) is 0.821. The summed E-state index contributed by atoms with van der Waals surface area (Å²) in [5, 5.41) is 11.7. The number of ether oxygens (including phenoxy) is 1. The van der Waals surface area contributed by atoms with Gasteiger partial charge in [-0.2, -0.15) is 0 Å². The molecule has 0 aromatic carbocycles. The second-order valence-electron chi connectivity index (χ2n) is 6.84. The Morgan fingerprint density at radius 3 is 2.32 bits per heavy atom. The van der Waals surface area contributed by atoms with Crippen LogP contribution >= 0.6 is 0 Å². The number of rotatable bonds is 4.